The van der Waals surface area contributed by atoms with E-state index in [2.05, 4.69) is 5.32 Å². The van der Waals surface area contributed by atoms with Gasteiger partial charge in [0.15, 0.2) is 11.5 Å². The van der Waals surface area contributed by atoms with Crippen LogP contribution in [0, 0.1) is 0 Å². The van der Waals surface area contributed by atoms with Crippen LogP contribution in [0.5, 0.6) is 11.5 Å². The van der Waals surface area contributed by atoms with Gasteiger partial charge >= 0.3 is 6.18 Å². The van der Waals surface area contributed by atoms with Crippen molar-refractivity contribution in [1.29, 1.82) is 0 Å². The lowest BCUT2D eigenvalue weighted by atomic mass is 10.2. The van der Waals surface area contributed by atoms with E-state index in [1.807, 2.05) is 0 Å². The minimum Gasteiger partial charge on any atom is -0.493 e. The van der Waals surface area contributed by atoms with Crippen LogP contribution in [0.25, 0.3) is 0 Å². The summed E-state index contributed by atoms with van der Waals surface area (Å²) in [6.07, 6.45) is -3.68. The number of carbonyl (C=O) groups excluding carboxylic acids is 1. The second kappa shape index (κ2) is 9.27. The molecule has 7 nitrogen and oxygen atoms in total. The molecule has 10 heteroatoms. The summed E-state index contributed by atoms with van der Waals surface area (Å²) in [5.74, 6) is 0.117. The van der Waals surface area contributed by atoms with E-state index in [0.717, 1.165) is 12.3 Å². The predicted octanol–water partition coefficient (Wildman–Crippen LogP) is 2.54. The standard InChI is InChI=1S/C18H19F3N2O5/c1-26-8-9-28-15-10-12(5-6-14(15)27-2)22-16(24)11-23-7-3-4-13(17(23)25)18(19,20)21/h3-7,10H,8-9,11H2,1-2H3,(H,22,24). The Morgan fingerprint density at radius 1 is 1.14 bits per heavy atom. The van der Waals surface area contributed by atoms with Crippen LogP contribution in [0.3, 0.4) is 0 Å². The maximum Gasteiger partial charge on any atom is 0.421 e. The molecule has 0 unspecified atom stereocenters. The molecule has 0 saturated carbocycles. The molecule has 2 aromatic rings. The highest BCUT2D eigenvalue weighted by Gasteiger charge is 2.34. The van der Waals surface area contributed by atoms with Crippen LogP contribution in [0.4, 0.5) is 18.9 Å². The zero-order valence-electron chi connectivity index (χ0n) is 15.2. The highest BCUT2D eigenvalue weighted by Crippen LogP contribution is 2.30. The number of carbonyl (C=O) groups is 1. The Bertz CT molecular complexity index is 880. The molecule has 152 valence electrons. The SMILES string of the molecule is COCCOc1cc(NC(=O)Cn2cccc(C(F)(F)F)c2=O)ccc1OC. The lowest BCUT2D eigenvalue weighted by molar-refractivity contribution is -0.139. The van der Waals surface area contributed by atoms with Crippen molar-refractivity contribution in [2.24, 2.45) is 0 Å². The zero-order valence-corrected chi connectivity index (χ0v) is 15.2. The largest absolute Gasteiger partial charge is 0.493 e. The van der Waals surface area contributed by atoms with Crippen molar-refractivity contribution < 1.29 is 32.2 Å². The van der Waals surface area contributed by atoms with Crippen molar-refractivity contribution in [3.63, 3.8) is 0 Å². The number of aromatic nitrogens is 1. The average molecular weight is 400 g/mol. The molecule has 0 radical (unpaired) electrons. The second-order valence-corrected chi connectivity index (χ2v) is 5.61. The second-order valence-electron chi connectivity index (χ2n) is 5.61. The molecule has 0 atom stereocenters. The van der Waals surface area contributed by atoms with Crippen molar-refractivity contribution in [1.82, 2.24) is 4.57 Å². The van der Waals surface area contributed by atoms with Gasteiger partial charge in [-0.05, 0) is 24.3 Å². The van der Waals surface area contributed by atoms with E-state index < -0.39 is 29.8 Å². The zero-order chi connectivity index (χ0) is 20.7. The Morgan fingerprint density at radius 3 is 2.54 bits per heavy atom. The van der Waals surface area contributed by atoms with E-state index in [1.165, 1.54) is 26.4 Å². The van der Waals surface area contributed by atoms with Gasteiger partial charge in [-0.25, -0.2) is 0 Å². The number of hydrogen-bond donors (Lipinski definition) is 1. The van der Waals surface area contributed by atoms with Gasteiger partial charge < -0.3 is 24.1 Å². The molecule has 1 N–H and O–H groups in total. The number of pyridine rings is 1. The topological polar surface area (TPSA) is 78.8 Å². The molecular formula is C18H19F3N2O5. The number of nitrogens with one attached hydrogen (secondary N) is 1. The molecular weight excluding hydrogens is 381 g/mol. The Kier molecular flexibility index (Phi) is 7.05. The number of hydrogen-bond acceptors (Lipinski definition) is 5. The first-order valence-electron chi connectivity index (χ1n) is 8.12. The maximum atomic E-state index is 12.8. The minimum atomic E-state index is -4.79. The van der Waals surface area contributed by atoms with Gasteiger partial charge in [0.1, 0.15) is 18.7 Å². The monoisotopic (exact) mass is 400 g/mol. The molecule has 0 saturated heterocycles. The summed E-state index contributed by atoms with van der Waals surface area (Å²) in [5, 5.41) is 2.51. The van der Waals surface area contributed by atoms with Crippen molar-refractivity contribution in [3.05, 3.63) is 52.4 Å². The van der Waals surface area contributed by atoms with Crippen LogP contribution in [0.2, 0.25) is 0 Å². The fourth-order valence-corrected chi connectivity index (χ4v) is 2.33. The van der Waals surface area contributed by atoms with E-state index in [1.54, 1.807) is 6.07 Å². The third-order valence-electron chi connectivity index (χ3n) is 3.63. The van der Waals surface area contributed by atoms with Gasteiger partial charge in [0.2, 0.25) is 5.91 Å². The highest BCUT2D eigenvalue weighted by atomic mass is 19.4. The smallest absolute Gasteiger partial charge is 0.421 e. The number of benzene rings is 1. The summed E-state index contributed by atoms with van der Waals surface area (Å²) in [4.78, 5) is 24.1. The molecule has 1 aromatic heterocycles. The highest BCUT2D eigenvalue weighted by molar-refractivity contribution is 5.90. The fraction of sp³-hybridized carbons (Fsp3) is 0.333. The fourth-order valence-electron chi connectivity index (χ4n) is 2.33. The third-order valence-corrected chi connectivity index (χ3v) is 3.63. The van der Waals surface area contributed by atoms with Gasteiger partial charge in [0.25, 0.3) is 5.56 Å². The molecule has 0 spiro atoms. The average Bonchev–Trinajstić information content (AvgIpc) is 2.63. The van der Waals surface area contributed by atoms with E-state index in [-0.39, 0.29) is 6.61 Å². The van der Waals surface area contributed by atoms with Gasteiger partial charge in [0, 0.05) is 25.1 Å². The van der Waals surface area contributed by atoms with Crippen molar-refractivity contribution >= 4 is 11.6 Å². The molecule has 2 rings (SSSR count). The van der Waals surface area contributed by atoms with Crippen LogP contribution >= 0.6 is 0 Å². The normalized spacial score (nSPS) is 11.2. The van der Waals surface area contributed by atoms with Crippen molar-refractivity contribution in [3.8, 4) is 11.5 Å². The summed E-state index contributed by atoms with van der Waals surface area (Å²) >= 11 is 0. The maximum absolute atomic E-state index is 12.8. The summed E-state index contributed by atoms with van der Waals surface area (Å²) in [6, 6.07) is 6.33. The minimum absolute atomic E-state index is 0.254. The van der Waals surface area contributed by atoms with Crippen molar-refractivity contribution in [2.45, 2.75) is 12.7 Å². The number of anilines is 1. The Hall–Kier alpha value is -3.01. The first-order chi connectivity index (χ1) is 13.3. The third kappa shape index (κ3) is 5.49. The molecule has 0 fully saturated rings. The Morgan fingerprint density at radius 2 is 1.89 bits per heavy atom. The van der Waals surface area contributed by atoms with Gasteiger partial charge in [-0.3, -0.25) is 9.59 Å². The summed E-state index contributed by atoms with van der Waals surface area (Å²) in [5.41, 5.74) is -2.29. The number of rotatable bonds is 8. The summed E-state index contributed by atoms with van der Waals surface area (Å²) in [7, 11) is 2.98. The molecule has 0 bridgehead atoms. The quantitative estimate of drug-likeness (QED) is 0.689. The number of halogens is 3. The first kappa shape index (κ1) is 21.3. The summed E-state index contributed by atoms with van der Waals surface area (Å²) < 4.78 is 54.7. The van der Waals surface area contributed by atoms with Crippen LogP contribution < -0.4 is 20.3 Å². The van der Waals surface area contributed by atoms with Gasteiger partial charge in [-0.1, -0.05) is 0 Å². The Balaban J connectivity index is 2.13. The van der Waals surface area contributed by atoms with Gasteiger partial charge in [-0.2, -0.15) is 13.2 Å². The first-order valence-corrected chi connectivity index (χ1v) is 8.12. The number of nitrogens with zero attached hydrogens (tertiary/aromatic N) is 1. The molecule has 1 heterocycles. The number of amides is 1. The van der Waals surface area contributed by atoms with Crippen LogP contribution in [-0.4, -0.2) is 37.9 Å². The van der Waals surface area contributed by atoms with E-state index in [4.69, 9.17) is 14.2 Å². The van der Waals surface area contributed by atoms with E-state index in [9.17, 15) is 22.8 Å². The van der Waals surface area contributed by atoms with E-state index >= 15 is 0 Å². The van der Waals surface area contributed by atoms with Crippen LogP contribution in [-0.2, 0) is 22.3 Å². The predicted molar refractivity (Wildman–Crippen MR) is 94.7 cm³/mol. The van der Waals surface area contributed by atoms with Crippen LogP contribution in [0.1, 0.15) is 5.56 Å². The number of alkyl halides is 3. The molecule has 0 aliphatic rings. The van der Waals surface area contributed by atoms with Crippen molar-refractivity contribution in [2.75, 3.05) is 32.8 Å². The molecule has 28 heavy (non-hydrogen) atoms. The van der Waals surface area contributed by atoms with E-state index in [0.29, 0.717) is 34.4 Å². The molecule has 1 aromatic carbocycles. The molecule has 0 aliphatic heterocycles. The number of ether oxygens (including phenoxy) is 3. The molecule has 0 aliphatic carbocycles. The van der Waals surface area contributed by atoms with Gasteiger partial charge in [-0.15, -0.1) is 0 Å². The number of methoxy groups -OCH3 is 2. The summed E-state index contributed by atoms with van der Waals surface area (Å²) in [6.45, 7) is 0.0245. The van der Waals surface area contributed by atoms with Crippen LogP contribution in [0.15, 0.2) is 41.3 Å². The lowest BCUT2D eigenvalue weighted by Crippen LogP contribution is -2.31. The van der Waals surface area contributed by atoms with Gasteiger partial charge in [0.05, 0.1) is 13.7 Å². The molecule has 1 amide bonds. The lowest BCUT2D eigenvalue weighted by Gasteiger charge is -2.13. The Labute approximate surface area is 158 Å².